The lowest BCUT2D eigenvalue weighted by Crippen LogP contribution is -2.27. The maximum absolute atomic E-state index is 11.6. The highest BCUT2D eigenvalue weighted by atomic mass is 16.3. The standard InChI is InChI=1S/C13H18N2O2/c16-9-8-14-13(17)10-4-6-12(7-5-10)15-11-2-1-3-11/h4-7,11,15-16H,1-3,8-9H2,(H,14,17). The van der Waals surface area contributed by atoms with Crippen molar-refractivity contribution in [3.63, 3.8) is 0 Å². The normalized spacial score (nSPS) is 15.1. The predicted octanol–water partition coefficient (Wildman–Crippen LogP) is 1.37. The van der Waals surface area contributed by atoms with Crippen molar-refractivity contribution in [1.29, 1.82) is 0 Å². The molecule has 1 amide bonds. The molecule has 0 heterocycles. The number of rotatable bonds is 5. The summed E-state index contributed by atoms with van der Waals surface area (Å²) >= 11 is 0. The quantitative estimate of drug-likeness (QED) is 0.721. The van der Waals surface area contributed by atoms with Crippen molar-refractivity contribution in [3.8, 4) is 0 Å². The van der Waals surface area contributed by atoms with Gasteiger partial charge in [0.25, 0.3) is 5.91 Å². The van der Waals surface area contributed by atoms with E-state index in [1.165, 1.54) is 19.3 Å². The third-order valence-corrected chi connectivity index (χ3v) is 3.02. The lowest BCUT2D eigenvalue weighted by molar-refractivity contribution is 0.0945. The van der Waals surface area contributed by atoms with Gasteiger partial charge < -0.3 is 15.7 Å². The number of anilines is 1. The maximum Gasteiger partial charge on any atom is 0.251 e. The molecule has 4 nitrogen and oxygen atoms in total. The molecule has 2 rings (SSSR count). The number of hydrogen-bond acceptors (Lipinski definition) is 3. The number of nitrogens with one attached hydrogen (secondary N) is 2. The van der Waals surface area contributed by atoms with Gasteiger partial charge in [-0.15, -0.1) is 0 Å². The molecule has 4 heteroatoms. The number of carbonyl (C=O) groups excluding carboxylic acids is 1. The predicted molar refractivity (Wildman–Crippen MR) is 67.1 cm³/mol. The van der Waals surface area contributed by atoms with Crippen LogP contribution in [0, 0.1) is 0 Å². The van der Waals surface area contributed by atoms with Gasteiger partial charge in [0.1, 0.15) is 0 Å². The van der Waals surface area contributed by atoms with Crippen molar-refractivity contribution in [2.75, 3.05) is 18.5 Å². The summed E-state index contributed by atoms with van der Waals surface area (Å²) in [5.41, 5.74) is 1.69. The van der Waals surface area contributed by atoms with Crippen LogP contribution >= 0.6 is 0 Å². The highest BCUT2D eigenvalue weighted by Crippen LogP contribution is 2.23. The Hall–Kier alpha value is -1.55. The molecule has 0 radical (unpaired) electrons. The van der Waals surface area contributed by atoms with E-state index < -0.39 is 0 Å². The molecular weight excluding hydrogens is 216 g/mol. The smallest absolute Gasteiger partial charge is 0.251 e. The van der Waals surface area contributed by atoms with E-state index >= 15 is 0 Å². The summed E-state index contributed by atoms with van der Waals surface area (Å²) in [5, 5.41) is 14.7. The average Bonchev–Trinajstić information content (AvgIpc) is 2.31. The Morgan fingerprint density at radius 3 is 2.53 bits per heavy atom. The fourth-order valence-corrected chi connectivity index (χ4v) is 1.78. The summed E-state index contributed by atoms with van der Waals surface area (Å²) < 4.78 is 0. The molecule has 1 fully saturated rings. The van der Waals surface area contributed by atoms with E-state index in [0.717, 1.165) is 5.69 Å². The van der Waals surface area contributed by atoms with Crippen LogP contribution in [0.2, 0.25) is 0 Å². The Bertz CT molecular complexity index is 372. The van der Waals surface area contributed by atoms with Gasteiger partial charge in [0.2, 0.25) is 0 Å². The summed E-state index contributed by atoms with van der Waals surface area (Å²) in [6, 6.07) is 8.05. The third kappa shape index (κ3) is 3.20. The summed E-state index contributed by atoms with van der Waals surface area (Å²) in [6.45, 7) is 0.258. The molecule has 92 valence electrons. The molecule has 0 aliphatic heterocycles. The van der Waals surface area contributed by atoms with Crippen molar-refractivity contribution >= 4 is 11.6 Å². The van der Waals surface area contributed by atoms with Gasteiger partial charge >= 0.3 is 0 Å². The minimum Gasteiger partial charge on any atom is -0.395 e. The third-order valence-electron chi connectivity index (χ3n) is 3.02. The van der Waals surface area contributed by atoms with Crippen molar-refractivity contribution in [2.24, 2.45) is 0 Å². The average molecular weight is 234 g/mol. The Morgan fingerprint density at radius 1 is 1.29 bits per heavy atom. The van der Waals surface area contributed by atoms with Crippen LogP contribution in [0.1, 0.15) is 29.6 Å². The van der Waals surface area contributed by atoms with E-state index in [0.29, 0.717) is 18.2 Å². The lowest BCUT2D eigenvalue weighted by Gasteiger charge is -2.27. The van der Waals surface area contributed by atoms with Crippen LogP contribution < -0.4 is 10.6 Å². The number of aliphatic hydroxyl groups excluding tert-OH is 1. The van der Waals surface area contributed by atoms with Gasteiger partial charge in [-0.1, -0.05) is 0 Å². The molecule has 0 atom stereocenters. The van der Waals surface area contributed by atoms with E-state index in [-0.39, 0.29) is 12.5 Å². The zero-order chi connectivity index (χ0) is 12.1. The van der Waals surface area contributed by atoms with Gasteiger partial charge in [0.05, 0.1) is 6.61 Å². The fraction of sp³-hybridized carbons (Fsp3) is 0.462. The summed E-state index contributed by atoms with van der Waals surface area (Å²) in [5.74, 6) is -0.144. The molecule has 0 saturated heterocycles. The number of benzene rings is 1. The fourth-order valence-electron chi connectivity index (χ4n) is 1.78. The van der Waals surface area contributed by atoms with Gasteiger partial charge in [-0.2, -0.15) is 0 Å². The van der Waals surface area contributed by atoms with Crippen molar-refractivity contribution in [2.45, 2.75) is 25.3 Å². The number of amides is 1. The van der Waals surface area contributed by atoms with E-state index in [1.54, 1.807) is 12.1 Å². The molecule has 1 aromatic carbocycles. The van der Waals surface area contributed by atoms with Crippen LogP contribution in [0.15, 0.2) is 24.3 Å². The largest absolute Gasteiger partial charge is 0.395 e. The molecule has 0 aromatic heterocycles. The van der Waals surface area contributed by atoms with Crippen LogP contribution in [0.4, 0.5) is 5.69 Å². The van der Waals surface area contributed by atoms with Crippen molar-refractivity contribution in [3.05, 3.63) is 29.8 Å². The molecule has 0 unspecified atom stereocenters. The Kier molecular flexibility index (Phi) is 3.98. The zero-order valence-electron chi connectivity index (χ0n) is 9.78. The number of carbonyl (C=O) groups is 1. The molecule has 0 spiro atoms. The first-order valence-electron chi connectivity index (χ1n) is 6.05. The van der Waals surface area contributed by atoms with E-state index in [4.69, 9.17) is 5.11 Å². The first-order valence-corrected chi connectivity index (χ1v) is 6.05. The minimum atomic E-state index is -0.144. The molecule has 3 N–H and O–H groups in total. The molecule has 17 heavy (non-hydrogen) atoms. The monoisotopic (exact) mass is 234 g/mol. The van der Waals surface area contributed by atoms with E-state index in [1.807, 2.05) is 12.1 Å². The first kappa shape index (κ1) is 11.9. The Morgan fingerprint density at radius 2 is 2.00 bits per heavy atom. The maximum atomic E-state index is 11.6. The van der Waals surface area contributed by atoms with Crippen LogP contribution in [-0.4, -0.2) is 30.2 Å². The second kappa shape index (κ2) is 5.68. The Labute approximate surface area is 101 Å². The Balaban J connectivity index is 1.89. The highest BCUT2D eigenvalue weighted by Gasteiger charge is 2.16. The summed E-state index contributed by atoms with van der Waals surface area (Å²) in [6.07, 6.45) is 3.77. The van der Waals surface area contributed by atoms with Crippen LogP contribution in [0.25, 0.3) is 0 Å². The van der Waals surface area contributed by atoms with Crippen molar-refractivity contribution in [1.82, 2.24) is 5.32 Å². The molecular formula is C13H18N2O2. The second-order valence-corrected chi connectivity index (χ2v) is 4.33. The van der Waals surface area contributed by atoms with Gasteiger partial charge in [-0.05, 0) is 43.5 Å². The topological polar surface area (TPSA) is 61.4 Å². The summed E-state index contributed by atoms with van der Waals surface area (Å²) in [4.78, 5) is 11.6. The SMILES string of the molecule is O=C(NCCO)c1ccc(NC2CCC2)cc1. The molecule has 1 aliphatic carbocycles. The lowest BCUT2D eigenvalue weighted by atomic mass is 9.93. The van der Waals surface area contributed by atoms with E-state index in [9.17, 15) is 4.79 Å². The number of hydrogen-bond donors (Lipinski definition) is 3. The van der Waals surface area contributed by atoms with Gasteiger partial charge in [-0.3, -0.25) is 4.79 Å². The van der Waals surface area contributed by atoms with Crippen LogP contribution in [0.3, 0.4) is 0 Å². The molecule has 1 aliphatic rings. The summed E-state index contributed by atoms with van der Waals surface area (Å²) in [7, 11) is 0. The molecule has 0 bridgehead atoms. The molecule has 1 saturated carbocycles. The van der Waals surface area contributed by atoms with E-state index in [2.05, 4.69) is 10.6 Å². The highest BCUT2D eigenvalue weighted by molar-refractivity contribution is 5.94. The van der Waals surface area contributed by atoms with Crippen LogP contribution in [-0.2, 0) is 0 Å². The molecule has 1 aromatic rings. The second-order valence-electron chi connectivity index (χ2n) is 4.33. The zero-order valence-corrected chi connectivity index (χ0v) is 9.78. The minimum absolute atomic E-state index is 0.0347. The number of aliphatic hydroxyl groups is 1. The van der Waals surface area contributed by atoms with Crippen LogP contribution in [0.5, 0.6) is 0 Å². The van der Waals surface area contributed by atoms with Gasteiger partial charge in [0, 0.05) is 23.8 Å². The van der Waals surface area contributed by atoms with Crippen molar-refractivity contribution < 1.29 is 9.90 Å². The van der Waals surface area contributed by atoms with Gasteiger partial charge in [0.15, 0.2) is 0 Å². The van der Waals surface area contributed by atoms with Gasteiger partial charge in [-0.25, -0.2) is 0 Å². The first-order chi connectivity index (χ1) is 8.29.